The number of fused-ring (bicyclic) bond motifs is 1. The normalized spacial score (nSPS) is 10.8. The molecule has 0 atom stereocenters. The smallest absolute Gasteiger partial charge is 0.313 e. The number of carboxylic acid groups (broad SMARTS) is 1. The molecule has 3 nitrogen and oxygen atoms in total. The summed E-state index contributed by atoms with van der Waals surface area (Å²) in [5.41, 5.74) is 3.24. The number of aliphatic carboxylic acids is 1. The van der Waals surface area contributed by atoms with E-state index in [2.05, 4.69) is 30.1 Å². The van der Waals surface area contributed by atoms with E-state index in [1.807, 2.05) is 13.0 Å². The average molecular weight is 261 g/mol. The number of rotatable bonds is 4. The molecular weight excluding hydrogens is 246 g/mol. The highest BCUT2D eigenvalue weighted by Gasteiger charge is 2.07. The Morgan fingerprint density at radius 1 is 1.39 bits per heavy atom. The lowest BCUT2D eigenvalue weighted by atomic mass is 10.1. The number of nitrogens with zero attached hydrogens (tertiary/aromatic N) is 1. The summed E-state index contributed by atoms with van der Waals surface area (Å²) in [6, 6.07) is 8.28. The van der Waals surface area contributed by atoms with Crippen LogP contribution in [0.25, 0.3) is 10.9 Å². The van der Waals surface area contributed by atoms with E-state index in [1.54, 1.807) is 0 Å². The molecule has 94 valence electrons. The van der Waals surface area contributed by atoms with Gasteiger partial charge in [-0.2, -0.15) is 0 Å². The molecule has 2 rings (SSSR count). The largest absolute Gasteiger partial charge is 0.481 e. The van der Waals surface area contributed by atoms with Crippen LogP contribution < -0.4 is 0 Å². The predicted octanol–water partition coefficient (Wildman–Crippen LogP) is 3.28. The maximum atomic E-state index is 10.6. The summed E-state index contributed by atoms with van der Waals surface area (Å²) in [5, 5.41) is 10.6. The first-order valence-electron chi connectivity index (χ1n) is 5.85. The second kappa shape index (κ2) is 5.40. The number of carboxylic acids is 1. The van der Waals surface area contributed by atoms with Crippen LogP contribution in [-0.4, -0.2) is 21.8 Å². The van der Waals surface area contributed by atoms with E-state index in [0.29, 0.717) is 0 Å². The highest BCUT2D eigenvalue weighted by Crippen LogP contribution is 2.25. The topological polar surface area (TPSA) is 50.2 Å². The molecule has 4 heteroatoms. The van der Waals surface area contributed by atoms with Crippen LogP contribution in [0.2, 0.25) is 0 Å². The molecule has 2 aromatic rings. The Bertz CT molecular complexity index is 596. The first-order chi connectivity index (χ1) is 8.60. The Morgan fingerprint density at radius 3 is 2.83 bits per heavy atom. The highest BCUT2D eigenvalue weighted by molar-refractivity contribution is 7.99. The second-order valence-electron chi connectivity index (χ2n) is 4.17. The second-order valence-corrected chi connectivity index (χ2v) is 5.14. The molecule has 1 aromatic carbocycles. The zero-order valence-corrected chi connectivity index (χ0v) is 11.3. The zero-order chi connectivity index (χ0) is 13.1. The molecule has 0 saturated carbocycles. The number of benzene rings is 1. The van der Waals surface area contributed by atoms with Gasteiger partial charge < -0.3 is 5.11 Å². The molecule has 0 saturated heterocycles. The van der Waals surface area contributed by atoms with Crippen molar-refractivity contribution in [3.8, 4) is 0 Å². The van der Waals surface area contributed by atoms with Crippen molar-refractivity contribution in [1.82, 2.24) is 4.98 Å². The van der Waals surface area contributed by atoms with E-state index < -0.39 is 5.97 Å². The molecule has 0 fully saturated rings. The van der Waals surface area contributed by atoms with Gasteiger partial charge in [0.05, 0.1) is 11.3 Å². The molecule has 0 spiro atoms. The molecule has 0 aliphatic heterocycles. The van der Waals surface area contributed by atoms with Gasteiger partial charge >= 0.3 is 5.97 Å². The highest BCUT2D eigenvalue weighted by atomic mass is 32.2. The lowest BCUT2D eigenvalue weighted by molar-refractivity contribution is -0.133. The van der Waals surface area contributed by atoms with Crippen LogP contribution in [0.1, 0.15) is 18.1 Å². The number of hydrogen-bond donors (Lipinski definition) is 1. The molecule has 18 heavy (non-hydrogen) atoms. The van der Waals surface area contributed by atoms with Crippen molar-refractivity contribution in [2.75, 3.05) is 5.75 Å². The minimum atomic E-state index is -0.817. The van der Waals surface area contributed by atoms with Gasteiger partial charge in [-0.05, 0) is 42.7 Å². The lowest BCUT2D eigenvalue weighted by Gasteiger charge is -2.07. The molecular formula is C14H15NO2S. The van der Waals surface area contributed by atoms with Crippen molar-refractivity contribution < 1.29 is 9.90 Å². The van der Waals surface area contributed by atoms with E-state index in [0.717, 1.165) is 27.9 Å². The van der Waals surface area contributed by atoms with Crippen molar-refractivity contribution in [3.05, 3.63) is 35.4 Å². The summed E-state index contributed by atoms with van der Waals surface area (Å²) < 4.78 is 0. The number of aromatic nitrogens is 1. The number of pyridine rings is 1. The maximum Gasteiger partial charge on any atom is 0.313 e. The SMILES string of the molecule is CCc1ccc2nc(SCC(=O)O)c(C)cc2c1. The minimum Gasteiger partial charge on any atom is -0.481 e. The summed E-state index contributed by atoms with van der Waals surface area (Å²) >= 11 is 1.27. The van der Waals surface area contributed by atoms with Crippen molar-refractivity contribution in [2.24, 2.45) is 0 Å². The van der Waals surface area contributed by atoms with Gasteiger partial charge in [-0.1, -0.05) is 24.8 Å². The number of hydrogen-bond acceptors (Lipinski definition) is 3. The van der Waals surface area contributed by atoms with Crippen LogP contribution in [-0.2, 0) is 11.2 Å². The van der Waals surface area contributed by atoms with Gasteiger partial charge in [0.1, 0.15) is 5.03 Å². The van der Waals surface area contributed by atoms with Crippen molar-refractivity contribution in [3.63, 3.8) is 0 Å². The van der Waals surface area contributed by atoms with Crippen LogP contribution in [0.4, 0.5) is 0 Å². The Balaban J connectivity index is 2.39. The molecule has 0 bridgehead atoms. The number of thioether (sulfide) groups is 1. The van der Waals surface area contributed by atoms with E-state index in [1.165, 1.54) is 17.3 Å². The summed E-state index contributed by atoms with van der Waals surface area (Å²) in [5.74, 6) is -0.769. The number of aryl methyl sites for hydroxylation is 2. The van der Waals surface area contributed by atoms with E-state index in [9.17, 15) is 4.79 Å². The van der Waals surface area contributed by atoms with Gasteiger partial charge in [-0.3, -0.25) is 4.79 Å². The summed E-state index contributed by atoms with van der Waals surface area (Å²) in [6.45, 7) is 4.09. The van der Waals surface area contributed by atoms with Gasteiger partial charge in [0, 0.05) is 5.39 Å². The molecule has 1 aromatic heterocycles. The average Bonchev–Trinajstić information content (AvgIpc) is 2.35. The van der Waals surface area contributed by atoms with Gasteiger partial charge in [0.15, 0.2) is 0 Å². The Morgan fingerprint density at radius 2 is 2.17 bits per heavy atom. The fourth-order valence-electron chi connectivity index (χ4n) is 1.81. The fraction of sp³-hybridized carbons (Fsp3) is 0.286. The van der Waals surface area contributed by atoms with Crippen LogP contribution >= 0.6 is 11.8 Å². The fourth-order valence-corrected chi connectivity index (χ4v) is 2.52. The number of carbonyl (C=O) groups is 1. The van der Waals surface area contributed by atoms with E-state index in [4.69, 9.17) is 5.11 Å². The summed E-state index contributed by atoms with van der Waals surface area (Å²) in [7, 11) is 0. The Hall–Kier alpha value is -1.55. The first-order valence-corrected chi connectivity index (χ1v) is 6.83. The maximum absolute atomic E-state index is 10.6. The van der Waals surface area contributed by atoms with Crippen molar-refractivity contribution >= 4 is 28.6 Å². The third-order valence-corrected chi connectivity index (χ3v) is 3.84. The van der Waals surface area contributed by atoms with E-state index in [-0.39, 0.29) is 5.75 Å². The van der Waals surface area contributed by atoms with Crippen LogP contribution in [0, 0.1) is 6.92 Å². The zero-order valence-electron chi connectivity index (χ0n) is 10.4. The summed E-state index contributed by atoms with van der Waals surface area (Å²) in [4.78, 5) is 15.1. The van der Waals surface area contributed by atoms with Gasteiger partial charge in [0.2, 0.25) is 0 Å². The van der Waals surface area contributed by atoms with Gasteiger partial charge in [-0.25, -0.2) is 4.98 Å². The monoisotopic (exact) mass is 261 g/mol. The van der Waals surface area contributed by atoms with Crippen LogP contribution in [0.15, 0.2) is 29.3 Å². The molecule has 0 amide bonds. The van der Waals surface area contributed by atoms with Gasteiger partial charge in [-0.15, -0.1) is 0 Å². The van der Waals surface area contributed by atoms with Crippen molar-refractivity contribution in [1.29, 1.82) is 0 Å². The minimum absolute atomic E-state index is 0.0480. The first kappa shape index (κ1) is 12.9. The Labute approximate surface area is 110 Å². The quantitative estimate of drug-likeness (QED) is 0.858. The van der Waals surface area contributed by atoms with Crippen LogP contribution in [0.3, 0.4) is 0 Å². The van der Waals surface area contributed by atoms with Crippen LogP contribution in [0.5, 0.6) is 0 Å². The third kappa shape index (κ3) is 2.82. The molecule has 1 N–H and O–H groups in total. The predicted molar refractivity (Wildman–Crippen MR) is 74.2 cm³/mol. The van der Waals surface area contributed by atoms with E-state index >= 15 is 0 Å². The molecule has 0 radical (unpaired) electrons. The molecule has 0 aliphatic rings. The van der Waals surface area contributed by atoms with Gasteiger partial charge in [0.25, 0.3) is 0 Å². The molecule has 1 heterocycles. The Kier molecular flexibility index (Phi) is 3.87. The molecule has 0 aliphatic carbocycles. The standard InChI is InChI=1S/C14H15NO2S/c1-3-10-4-5-12-11(7-10)6-9(2)14(15-12)18-8-13(16)17/h4-7H,3,8H2,1-2H3,(H,16,17). The molecule has 0 unspecified atom stereocenters. The summed E-state index contributed by atoms with van der Waals surface area (Å²) in [6.07, 6.45) is 1.00. The lowest BCUT2D eigenvalue weighted by Crippen LogP contribution is -1.99. The van der Waals surface area contributed by atoms with Crippen molar-refractivity contribution in [2.45, 2.75) is 25.3 Å². The third-order valence-electron chi connectivity index (χ3n) is 2.76.